The minimum atomic E-state index is -0.713. The number of esters is 1. The molecule has 34 heavy (non-hydrogen) atoms. The number of ketones is 2. The smallest absolute Gasteiger partial charge is 0.302 e. The zero-order chi connectivity index (χ0) is 24.5. The van der Waals surface area contributed by atoms with Gasteiger partial charge in [-0.25, -0.2) is 0 Å². The molecular weight excluding hydrogens is 432 g/mol. The summed E-state index contributed by atoms with van der Waals surface area (Å²) in [5.74, 6) is -0.280. The van der Waals surface area contributed by atoms with Crippen LogP contribution in [0.5, 0.6) is 0 Å². The predicted molar refractivity (Wildman–Crippen MR) is 123 cm³/mol. The van der Waals surface area contributed by atoms with Gasteiger partial charge in [-0.15, -0.1) is 0 Å². The van der Waals surface area contributed by atoms with E-state index in [2.05, 4.69) is 26.8 Å². The molecule has 0 N–H and O–H groups in total. The Morgan fingerprint density at radius 3 is 2.50 bits per heavy atom. The lowest BCUT2D eigenvalue weighted by Gasteiger charge is -2.67. The van der Waals surface area contributed by atoms with Crippen LogP contribution in [-0.2, 0) is 23.9 Å². The standard InChI is InChI=1S/C28H34O6/c1-15(29)33-20-13-18-24(2,3)19(30)8-10-25(18,4)17-7-11-26(5)21(16-9-12-32-14-16)22(31)23-28(26,34-23)27(17,20)6/h8-10,12,14,17-18,20-21,23H,7,11,13H2,1-6H3/t17-,18+,20?,21?,23-,25-,26?,27+,28-/m1/s1. The molecule has 0 amide bonds. The molecule has 0 aromatic carbocycles. The van der Waals surface area contributed by atoms with Crippen LogP contribution < -0.4 is 0 Å². The maximum absolute atomic E-state index is 13.7. The Morgan fingerprint density at radius 2 is 1.85 bits per heavy atom. The number of ether oxygens (including phenoxy) is 2. The molecule has 3 saturated carbocycles. The summed E-state index contributed by atoms with van der Waals surface area (Å²) in [5, 5.41) is 0. The first-order valence-electron chi connectivity index (χ1n) is 12.5. The van der Waals surface area contributed by atoms with Crippen LogP contribution in [0.2, 0.25) is 0 Å². The molecule has 0 radical (unpaired) electrons. The fourth-order valence-corrected chi connectivity index (χ4v) is 9.55. The van der Waals surface area contributed by atoms with Crippen LogP contribution >= 0.6 is 0 Å². The Kier molecular flexibility index (Phi) is 4.13. The fourth-order valence-electron chi connectivity index (χ4n) is 9.55. The summed E-state index contributed by atoms with van der Waals surface area (Å²) in [6.07, 6.45) is 8.49. The van der Waals surface area contributed by atoms with Gasteiger partial charge in [-0.05, 0) is 48.7 Å². The van der Waals surface area contributed by atoms with Crippen LogP contribution in [0.3, 0.4) is 0 Å². The molecule has 6 nitrogen and oxygen atoms in total. The van der Waals surface area contributed by atoms with Gasteiger partial charge < -0.3 is 13.9 Å². The number of carbonyl (C=O) groups is 3. The van der Waals surface area contributed by atoms with Crippen molar-refractivity contribution in [1.29, 1.82) is 0 Å². The topological polar surface area (TPSA) is 86.1 Å². The largest absolute Gasteiger partial charge is 0.472 e. The van der Waals surface area contributed by atoms with Crippen LogP contribution in [-0.4, -0.2) is 35.3 Å². The SMILES string of the molecule is CC(=O)OC1C[C@H]2C(C)(C)C(=O)C=C[C@]2(C)[C@H]2CCC3(C)C(c4ccoc4)C(=O)[C@H]4O[C@]43[C@]12C. The summed E-state index contributed by atoms with van der Waals surface area (Å²) >= 11 is 0. The Hall–Kier alpha value is -2.21. The summed E-state index contributed by atoms with van der Waals surface area (Å²) in [5.41, 5.74) is -1.65. The van der Waals surface area contributed by atoms with E-state index in [1.807, 2.05) is 19.9 Å². The highest BCUT2D eigenvalue weighted by atomic mass is 16.6. The molecule has 3 unspecified atom stereocenters. The molecule has 5 aliphatic rings. The predicted octanol–water partition coefficient (Wildman–Crippen LogP) is 4.63. The molecule has 0 bridgehead atoms. The van der Waals surface area contributed by atoms with E-state index in [9.17, 15) is 14.4 Å². The number of hydrogen-bond acceptors (Lipinski definition) is 6. The average molecular weight is 467 g/mol. The molecule has 9 atom stereocenters. The van der Waals surface area contributed by atoms with E-state index >= 15 is 0 Å². The van der Waals surface area contributed by atoms with E-state index < -0.39 is 34.1 Å². The molecule has 1 saturated heterocycles. The molecule has 1 aliphatic heterocycles. The molecule has 1 aromatic rings. The summed E-state index contributed by atoms with van der Waals surface area (Å²) in [6, 6.07) is 1.89. The van der Waals surface area contributed by atoms with Crippen LogP contribution in [0.4, 0.5) is 0 Å². The monoisotopic (exact) mass is 466 g/mol. The zero-order valence-electron chi connectivity index (χ0n) is 20.8. The lowest BCUT2D eigenvalue weighted by molar-refractivity contribution is -0.232. The second-order valence-corrected chi connectivity index (χ2v) is 12.6. The molecule has 6 rings (SSSR count). The quantitative estimate of drug-likeness (QED) is 0.467. The summed E-state index contributed by atoms with van der Waals surface area (Å²) < 4.78 is 18.0. The van der Waals surface area contributed by atoms with Gasteiger partial charge in [0.2, 0.25) is 0 Å². The highest BCUT2D eigenvalue weighted by Crippen LogP contribution is 2.81. The number of allylic oxidation sites excluding steroid dienone is 2. The van der Waals surface area contributed by atoms with Crippen molar-refractivity contribution in [2.24, 2.45) is 33.5 Å². The molecule has 1 spiro atoms. The van der Waals surface area contributed by atoms with Crippen molar-refractivity contribution in [2.75, 3.05) is 0 Å². The van der Waals surface area contributed by atoms with Gasteiger partial charge in [0, 0.05) is 28.7 Å². The number of epoxide rings is 1. The Bertz CT molecular complexity index is 1130. The van der Waals surface area contributed by atoms with Crippen molar-refractivity contribution >= 4 is 17.5 Å². The van der Waals surface area contributed by atoms with Gasteiger partial charge in [-0.1, -0.05) is 40.7 Å². The third-order valence-electron chi connectivity index (χ3n) is 11.0. The maximum Gasteiger partial charge on any atom is 0.302 e. The lowest BCUT2D eigenvalue weighted by Crippen LogP contribution is -2.70. The van der Waals surface area contributed by atoms with E-state index in [0.717, 1.165) is 18.4 Å². The van der Waals surface area contributed by atoms with E-state index in [-0.39, 0.29) is 40.7 Å². The van der Waals surface area contributed by atoms with Crippen molar-refractivity contribution in [3.63, 3.8) is 0 Å². The minimum absolute atomic E-state index is 0.0275. The summed E-state index contributed by atoms with van der Waals surface area (Å²) in [7, 11) is 0. The van der Waals surface area contributed by atoms with Crippen molar-refractivity contribution in [3.8, 4) is 0 Å². The third kappa shape index (κ3) is 2.21. The van der Waals surface area contributed by atoms with Gasteiger partial charge >= 0.3 is 5.97 Å². The molecule has 4 fully saturated rings. The number of carbonyl (C=O) groups excluding carboxylic acids is 3. The van der Waals surface area contributed by atoms with Gasteiger partial charge in [-0.2, -0.15) is 0 Å². The molecule has 182 valence electrons. The molecule has 2 heterocycles. The number of fused-ring (bicyclic) bond motifs is 3. The first-order valence-corrected chi connectivity index (χ1v) is 12.5. The van der Waals surface area contributed by atoms with Crippen LogP contribution in [0.25, 0.3) is 0 Å². The van der Waals surface area contributed by atoms with Crippen molar-refractivity contribution in [3.05, 3.63) is 36.3 Å². The first-order chi connectivity index (χ1) is 15.9. The van der Waals surface area contributed by atoms with Crippen molar-refractivity contribution in [2.45, 2.75) is 84.5 Å². The van der Waals surface area contributed by atoms with Gasteiger partial charge in [-0.3, -0.25) is 14.4 Å². The Labute approximate surface area is 200 Å². The molecule has 6 heteroatoms. The second kappa shape index (κ2) is 6.31. The van der Waals surface area contributed by atoms with Gasteiger partial charge in [0.05, 0.1) is 18.4 Å². The number of furan rings is 1. The third-order valence-corrected chi connectivity index (χ3v) is 11.0. The average Bonchev–Trinajstić information content (AvgIpc) is 3.24. The van der Waals surface area contributed by atoms with Gasteiger partial charge in [0.15, 0.2) is 11.6 Å². The normalized spacial score (nSPS) is 50.1. The number of Topliss-reactive ketones (excluding diaryl/α,β-unsaturated/α-hetero) is 1. The summed E-state index contributed by atoms with van der Waals surface area (Å²) in [6.45, 7) is 12.1. The van der Waals surface area contributed by atoms with E-state index in [1.54, 1.807) is 18.6 Å². The zero-order valence-corrected chi connectivity index (χ0v) is 20.8. The maximum atomic E-state index is 13.7. The van der Waals surface area contributed by atoms with Crippen molar-refractivity contribution < 1.29 is 28.3 Å². The van der Waals surface area contributed by atoms with Crippen LogP contribution in [0, 0.1) is 33.5 Å². The Morgan fingerprint density at radius 1 is 1.12 bits per heavy atom. The van der Waals surface area contributed by atoms with Gasteiger partial charge in [0.25, 0.3) is 0 Å². The molecule has 1 aromatic heterocycles. The highest BCUT2D eigenvalue weighted by molar-refractivity contribution is 5.99. The van der Waals surface area contributed by atoms with Crippen LogP contribution in [0.1, 0.15) is 72.3 Å². The fraction of sp³-hybridized carbons (Fsp3) is 0.679. The minimum Gasteiger partial charge on any atom is -0.472 e. The molecule has 4 aliphatic carbocycles. The first kappa shape index (κ1) is 22.3. The number of hydrogen-bond donors (Lipinski definition) is 0. The lowest BCUT2D eigenvalue weighted by atomic mass is 9.36. The van der Waals surface area contributed by atoms with Crippen LogP contribution in [0.15, 0.2) is 35.2 Å². The molecular formula is C28H34O6. The highest BCUT2D eigenvalue weighted by Gasteiger charge is 2.89. The summed E-state index contributed by atoms with van der Waals surface area (Å²) in [4.78, 5) is 39.0. The van der Waals surface area contributed by atoms with E-state index in [4.69, 9.17) is 13.9 Å². The van der Waals surface area contributed by atoms with E-state index in [0.29, 0.717) is 6.42 Å². The number of rotatable bonds is 2. The van der Waals surface area contributed by atoms with Crippen molar-refractivity contribution in [1.82, 2.24) is 0 Å². The second-order valence-electron chi connectivity index (χ2n) is 12.6. The Balaban J connectivity index is 1.54. The van der Waals surface area contributed by atoms with Gasteiger partial charge in [0.1, 0.15) is 17.8 Å². The van der Waals surface area contributed by atoms with E-state index in [1.165, 1.54) is 6.92 Å².